The number of nitrogens with zero attached hydrogens (tertiary/aromatic N) is 1. The third kappa shape index (κ3) is 3.52. The number of fused-ring (bicyclic) bond motifs is 3. The summed E-state index contributed by atoms with van der Waals surface area (Å²) in [5.74, 6) is -0.253. The van der Waals surface area contributed by atoms with Crippen LogP contribution in [0.3, 0.4) is 0 Å². The van der Waals surface area contributed by atoms with Crippen LogP contribution in [0.2, 0.25) is 0 Å². The maximum absolute atomic E-state index is 12.7. The number of para-hydroxylation sites is 1. The second kappa shape index (κ2) is 7.67. The Morgan fingerprint density at radius 3 is 2.41 bits per heavy atom. The topological polar surface area (TPSA) is 72.4 Å². The predicted molar refractivity (Wildman–Crippen MR) is 116 cm³/mol. The normalized spacial score (nSPS) is 10.8. The third-order valence-corrected chi connectivity index (χ3v) is 4.90. The van der Waals surface area contributed by atoms with Crippen molar-refractivity contribution in [2.24, 2.45) is 0 Å². The van der Waals surface area contributed by atoms with E-state index in [1.54, 1.807) is 24.3 Å². The Morgan fingerprint density at radius 1 is 0.862 bits per heavy atom. The molecule has 0 saturated heterocycles. The molecule has 1 aromatic heterocycles. The number of aromatic nitrogens is 1. The van der Waals surface area contributed by atoms with Crippen LogP contribution < -0.4 is 10.6 Å². The lowest BCUT2D eigenvalue weighted by Crippen LogP contribution is -2.14. The van der Waals surface area contributed by atoms with Gasteiger partial charge in [0.15, 0.2) is 0 Å². The standard InChI is InChI=1S/C23H21N3O3/c1-3-26-20-10-5-4-9-18(20)19-14-17(11-12-21(19)26)24-22(27)15-7-6-8-16(13-15)25-23(28)29-2/h4-14H,3H2,1-2H3,(H,24,27)(H,25,28). The van der Waals surface area contributed by atoms with E-state index in [0.717, 1.165) is 22.8 Å². The number of carbonyl (C=O) groups excluding carboxylic acids is 2. The van der Waals surface area contributed by atoms with Gasteiger partial charge in [0.1, 0.15) is 0 Å². The van der Waals surface area contributed by atoms with E-state index in [-0.39, 0.29) is 5.91 Å². The fourth-order valence-corrected chi connectivity index (χ4v) is 3.58. The van der Waals surface area contributed by atoms with Gasteiger partial charge in [-0.2, -0.15) is 0 Å². The molecular formula is C23H21N3O3. The molecule has 4 rings (SSSR count). The molecule has 0 unspecified atom stereocenters. The van der Waals surface area contributed by atoms with Crippen LogP contribution in [0.25, 0.3) is 21.8 Å². The zero-order valence-electron chi connectivity index (χ0n) is 16.2. The van der Waals surface area contributed by atoms with Crippen molar-refractivity contribution in [1.29, 1.82) is 0 Å². The number of hydrogen-bond acceptors (Lipinski definition) is 3. The quantitative estimate of drug-likeness (QED) is 0.503. The molecule has 2 N–H and O–H groups in total. The first-order chi connectivity index (χ1) is 14.1. The average Bonchev–Trinajstić information content (AvgIpc) is 3.07. The number of benzene rings is 3. The highest BCUT2D eigenvalue weighted by molar-refractivity contribution is 6.11. The summed E-state index contributed by atoms with van der Waals surface area (Å²) >= 11 is 0. The summed E-state index contributed by atoms with van der Waals surface area (Å²) in [4.78, 5) is 24.1. The fraction of sp³-hybridized carbons (Fsp3) is 0.130. The molecule has 3 aromatic carbocycles. The zero-order valence-corrected chi connectivity index (χ0v) is 16.2. The van der Waals surface area contributed by atoms with Crippen LogP contribution in [0, 0.1) is 0 Å². The van der Waals surface area contributed by atoms with Crippen molar-refractivity contribution in [3.8, 4) is 0 Å². The van der Waals surface area contributed by atoms with Crippen LogP contribution in [0.5, 0.6) is 0 Å². The van der Waals surface area contributed by atoms with Gasteiger partial charge in [0.25, 0.3) is 5.91 Å². The van der Waals surface area contributed by atoms with Crippen LogP contribution in [0.1, 0.15) is 17.3 Å². The van der Waals surface area contributed by atoms with E-state index in [9.17, 15) is 9.59 Å². The highest BCUT2D eigenvalue weighted by Gasteiger charge is 2.12. The third-order valence-electron chi connectivity index (χ3n) is 4.90. The Hall–Kier alpha value is -3.80. The number of nitrogens with one attached hydrogen (secondary N) is 2. The minimum atomic E-state index is -0.583. The van der Waals surface area contributed by atoms with Gasteiger partial charge in [0.05, 0.1) is 7.11 Å². The number of methoxy groups -OCH3 is 1. The number of carbonyl (C=O) groups is 2. The summed E-state index contributed by atoms with van der Waals surface area (Å²) in [6, 6.07) is 20.9. The molecule has 2 amide bonds. The summed E-state index contributed by atoms with van der Waals surface area (Å²) in [6.45, 7) is 2.99. The molecular weight excluding hydrogens is 366 g/mol. The summed E-state index contributed by atoms with van der Waals surface area (Å²) in [7, 11) is 1.29. The first kappa shape index (κ1) is 18.6. The smallest absolute Gasteiger partial charge is 0.411 e. The van der Waals surface area contributed by atoms with Crippen molar-refractivity contribution in [1.82, 2.24) is 4.57 Å². The lowest BCUT2D eigenvalue weighted by atomic mass is 10.1. The van der Waals surface area contributed by atoms with Gasteiger partial charge in [-0.25, -0.2) is 4.79 Å². The highest BCUT2D eigenvalue weighted by atomic mass is 16.5. The van der Waals surface area contributed by atoms with Crippen molar-refractivity contribution in [2.45, 2.75) is 13.5 Å². The minimum absolute atomic E-state index is 0.253. The lowest BCUT2D eigenvalue weighted by molar-refractivity contribution is 0.102. The molecule has 4 aromatic rings. The number of aryl methyl sites for hydroxylation is 1. The Morgan fingerprint density at radius 2 is 1.62 bits per heavy atom. The van der Waals surface area contributed by atoms with Crippen LogP contribution in [0.4, 0.5) is 16.2 Å². The second-order valence-electron chi connectivity index (χ2n) is 6.64. The second-order valence-corrected chi connectivity index (χ2v) is 6.64. The molecule has 0 aliphatic rings. The summed E-state index contributed by atoms with van der Waals surface area (Å²) < 4.78 is 6.85. The predicted octanol–water partition coefficient (Wildman–Crippen LogP) is 5.25. The van der Waals surface area contributed by atoms with Crippen LogP contribution in [0.15, 0.2) is 66.7 Å². The molecule has 0 aliphatic heterocycles. The van der Waals surface area contributed by atoms with Gasteiger partial charge in [0.2, 0.25) is 0 Å². The number of hydrogen-bond donors (Lipinski definition) is 2. The monoisotopic (exact) mass is 387 g/mol. The molecule has 0 aliphatic carbocycles. The van der Waals surface area contributed by atoms with E-state index in [1.807, 2.05) is 30.3 Å². The highest BCUT2D eigenvalue weighted by Crippen LogP contribution is 2.31. The van der Waals surface area contributed by atoms with Gasteiger partial charge >= 0.3 is 6.09 Å². The van der Waals surface area contributed by atoms with E-state index in [0.29, 0.717) is 16.9 Å². The van der Waals surface area contributed by atoms with E-state index < -0.39 is 6.09 Å². The van der Waals surface area contributed by atoms with Crippen molar-refractivity contribution < 1.29 is 14.3 Å². The average molecular weight is 387 g/mol. The molecule has 0 spiro atoms. The van der Waals surface area contributed by atoms with Gasteiger partial charge in [-0.3, -0.25) is 10.1 Å². The largest absolute Gasteiger partial charge is 0.453 e. The van der Waals surface area contributed by atoms with E-state index in [4.69, 9.17) is 0 Å². The van der Waals surface area contributed by atoms with E-state index in [1.165, 1.54) is 12.6 Å². The first-order valence-corrected chi connectivity index (χ1v) is 9.38. The first-order valence-electron chi connectivity index (χ1n) is 9.38. The van der Waals surface area contributed by atoms with Gasteiger partial charge in [-0.15, -0.1) is 0 Å². The van der Waals surface area contributed by atoms with Crippen molar-refractivity contribution >= 4 is 45.2 Å². The van der Waals surface area contributed by atoms with Crippen molar-refractivity contribution in [2.75, 3.05) is 17.7 Å². The molecule has 0 saturated carbocycles. The molecule has 0 bridgehead atoms. The molecule has 6 heteroatoms. The number of amides is 2. The molecule has 29 heavy (non-hydrogen) atoms. The Balaban J connectivity index is 1.64. The van der Waals surface area contributed by atoms with Crippen LogP contribution in [-0.4, -0.2) is 23.7 Å². The lowest BCUT2D eigenvalue weighted by Gasteiger charge is -2.09. The van der Waals surface area contributed by atoms with Crippen molar-refractivity contribution in [3.63, 3.8) is 0 Å². The Labute approximate surface area is 168 Å². The minimum Gasteiger partial charge on any atom is -0.453 e. The molecule has 0 atom stereocenters. The van der Waals surface area contributed by atoms with Crippen molar-refractivity contribution in [3.05, 3.63) is 72.3 Å². The maximum atomic E-state index is 12.7. The number of rotatable bonds is 4. The Bertz CT molecular complexity index is 1230. The SMILES string of the molecule is CCn1c2ccccc2c2cc(NC(=O)c3cccc(NC(=O)OC)c3)ccc21. The van der Waals surface area contributed by atoms with Gasteiger partial charge in [-0.1, -0.05) is 24.3 Å². The van der Waals surface area contributed by atoms with E-state index in [2.05, 4.69) is 39.0 Å². The number of ether oxygens (including phenoxy) is 1. The molecule has 0 fully saturated rings. The molecule has 1 heterocycles. The molecule has 0 radical (unpaired) electrons. The number of anilines is 2. The maximum Gasteiger partial charge on any atom is 0.411 e. The zero-order chi connectivity index (χ0) is 20.4. The van der Waals surface area contributed by atoms with E-state index >= 15 is 0 Å². The summed E-state index contributed by atoms with van der Waals surface area (Å²) in [5.41, 5.74) is 3.96. The molecule has 6 nitrogen and oxygen atoms in total. The van der Waals surface area contributed by atoms with Gasteiger partial charge in [0, 0.05) is 45.3 Å². The summed E-state index contributed by atoms with van der Waals surface area (Å²) in [5, 5.41) is 7.76. The van der Waals surface area contributed by atoms with Gasteiger partial charge in [-0.05, 0) is 49.4 Å². The van der Waals surface area contributed by atoms with Gasteiger partial charge < -0.3 is 14.6 Å². The fourth-order valence-electron chi connectivity index (χ4n) is 3.58. The van der Waals surface area contributed by atoms with Crippen LogP contribution >= 0.6 is 0 Å². The Kier molecular flexibility index (Phi) is 4.91. The van der Waals surface area contributed by atoms with Crippen LogP contribution in [-0.2, 0) is 11.3 Å². The molecule has 146 valence electrons. The summed E-state index contributed by atoms with van der Waals surface area (Å²) in [6.07, 6.45) is -0.583.